The van der Waals surface area contributed by atoms with Gasteiger partial charge in [-0.15, -0.1) is 0 Å². The van der Waals surface area contributed by atoms with Crippen LogP contribution in [0.15, 0.2) is 4.99 Å². The van der Waals surface area contributed by atoms with E-state index in [-0.39, 0.29) is 23.9 Å². The first-order valence-corrected chi connectivity index (χ1v) is 8.44. The lowest BCUT2D eigenvalue weighted by atomic mass is 10.1. The Balaban J connectivity index is 2.21. The minimum Gasteiger partial charge on any atom is -0.355 e. The summed E-state index contributed by atoms with van der Waals surface area (Å²) in [6, 6.07) is 0. The van der Waals surface area contributed by atoms with Gasteiger partial charge in [0.2, 0.25) is 11.8 Å². The van der Waals surface area contributed by atoms with Crippen molar-refractivity contribution < 1.29 is 9.59 Å². The van der Waals surface area contributed by atoms with Crippen LogP contribution in [0.3, 0.4) is 0 Å². The van der Waals surface area contributed by atoms with Gasteiger partial charge in [0, 0.05) is 58.8 Å². The second kappa shape index (κ2) is 9.46. The maximum Gasteiger partial charge on any atom is 0.239 e. The van der Waals surface area contributed by atoms with E-state index in [1.807, 2.05) is 25.7 Å². The number of hydrogen-bond acceptors (Lipinski definition) is 4. The molecule has 1 aliphatic heterocycles. The second-order valence-corrected chi connectivity index (χ2v) is 7.00. The SMILES string of the molecule is CN=C(NCCN1CCN(C(C)=O)CC1)NCC(=O)NC(C)(C)C. The standard InChI is InChI=1S/C16H32N6O2/c1-13(23)22-10-8-21(9-11-22)7-6-18-15(17-5)19-12-14(24)20-16(2,3)4/h6-12H2,1-5H3,(H,20,24)(H2,17,18,19). The summed E-state index contributed by atoms with van der Waals surface area (Å²) >= 11 is 0. The summed E-state index contributed by atoms with van der Waals surface area (Å²) < 4.78 is 0. The van der Waals surface area contributed by atoms with Gasteiger partial charge in [-0.25, -0.2) is 0 Å². The molecule has 0 radical (unpaired) electrons. The summed E-state index contributed by atoms with van der Waals surface area (Å²) in [6.07, 6.45) is 0. The fraction of sp³-hybridized carbons (Fsp3) is 0.812. The molecule has 0 aromatic rings. The van der Waals surface area contributed by atoms with Crippen molar-refractivity contribution in [3.63, 3.8) is 0 Å². The summed E-state index contributed by atoms with van der Waals surface area (Å²) in [7, 11) is 1.68. The van der Waals surface area contributed by atoms with Crippen LogP contribution in [0.4, 0.5) is 0 Å². The van der Waals surface area contributed by atoms with Gasteiger partial charge in [0.25, 0.3) is 0 Å². The lowest BCUT2D eigenvalue weighted by Gasteiger charge is -2.34. The van der Waals surface area contributed by atoms with Crippen LogP contribution in [0.5, 0.6) is 0 Å². The summed E-state index contributed by atoms with van der Waals surface area (Å²) in [4.78, 5) is 31.4. The number of carbonyl (C=O) groups excluding carboxylic acids is 2. The molecule has 1 saturated heterocycles. The smallest absolute Gasteiger partial charge is 0.239 e. The molecule has 0 aromatic heterocycles. The Morgan fingerprint density at radius 2 is 1.71 bits per heavy atom. The van der Waals surface area contributed by atoms with E-state index >= 15 is 0 Å². The quantitative estimate of drug-likeness (QED) is 0.452. The second-order valence-electron chi connectivity index (χ2n) is 7.00. The number of hydrogen-bond donors (Lipinski definition) is 3. The first kappa shape index (κ1) is 20.2. The largest absolute Gasteiger partial charge is 0.355 e. The van der Waals surface area contributed by atoms with Gasteiger partial charge in [-0.2, -0.15) is 0 Å². The van der Waals surface area contributed by atoms with Crippen LogP contribution in [0.1, 0.15) is 27.7 Å². The molecule has 0 aliphatic carbocycles. The van der Waals surface area contributed by atoms with Crippen LogP contribution in [-0.2, 0) is 9.59 Å². The molecule has 24 heavy (non-hydrogen) atoms. The molecule has 0 aromatic carbocycles. The van der Waals surface area contributed by atoms with E-state index < -0.39 is 0 Å². The average Bonchev–Trinajstić information content (AvgIpc) is 2.49. The summed E-state index contributed by atoms with van der Waals surface area (Å²) in [5.41, 5.74) is -0.238. The van der Waals surface area contributed by atoms with E-state index in [9.17, 15) is 9.59 Å². The number of guanidine groups is 1. The Hall–Kier alpha value is -1.83. The topological polar surface area (TPSA) is 89.1 Å². The highest BCUT2D eigenvalue weighted by molar-refractivity contribution is 5.86. The molecule has 2 amide bonds. The minimum absolute atomic E-state index is 0.0641. The van der Waals surface area contributed by atoms with Crippen LogP contribution in [0.2, 0.25) is 0 Å². The molecule has 3 N–H and O–H groups in total. The normalized spacial score (nSPS) is 16.7. The zero-order chi connectivity index (χ0) is 18.2. The molecule has 0 spiro atoms. The number of rotatable bonds is 5. The van der Waals surface area contributed by atoms with Gasteiger partial charge < -0.3 is 20.9 Å². The summed E-state index contributed by atoms with van der Waals surface area (Å²) in [5, 5.41) is 9.11. The number of nitrogens with zero attached hydrogens (tertiary/aromatic N) is 3. The fourth-order valence-corrected chi connectivity index (χ4v) is 2.47. The van der Waals surface area contributed by atoms with Crippen molar-refractivity contribution in [2.24, 2.45) is 4.99 Å². The highest BCUT2D eigenvalue weighted by atomic mass is 16.2. The van der Waals surface area contributed by atoms with Crippen molar-refractivity contribution in [1.82, 2.24) is 25.8 Å². The Morgan fingerprint density at radius 1 is 1.08 bits per heavy atom. The first-order chi connectivity index (χ1) is 11.2. The fourth-order valence-electron chi connectivity index (χ4n) is 2.47. The molecular weight excluding hydrogens is 308 g/mol. The molecule has 0 saturated carbocycles. The molecule has 1 heterocycles. The van der Waals surface area contributed by atoms with Crippen molar-refractivity contribution in [2.45, 2.75) is 33.2 Å². The molecule has 1 rings (SSSR count). The molecule has 138 valence electrons. The number of nitrogens with one attached hydrogen (secondary N) is 3. The number of piperazine rings is 1. The van der Waals surface area contributed by atoms with E-state index in [0.717, 1.165) is 39.3 Å². The number of carbonyl (C=O) groups is 2. The third-order valence-corrected chi connectivity index (χ3v) is 3.69. The van der Waals surface area contributed by atoms with E-state index in [4.69, 9.17) is 0 Å². The zero-order valence-electron chi connectivity index (χ0n) is 15.6. The molecular formula is C16H32N6O2. The Kier molecular flexibility index (Phi) is 7.97. The van der Waals surface area contributed by atoms with Crippen LogP contribution in [0.25, 0.3) is 0 Å². The molecule has 0 atom stereocenters. The summed E-state index contributed by atoms with van der Waals surface area (Å²) in [6.45, 7) is 12.6. The van der Waals surface area contributed by atoms with Crippen molar-refractivity contribution >= 4 is 17.8 Å². The predicted octanol–water partition coefficient (Wildman–Crippen LogP) is -0.770. The van der Waals surface area contributed by atoms with Crippen LogP contribution in [-0.4, -0.2) is 86.0 Å². The predicted molar refractivity (Wildman–Crippen MR) is 96.0 cm³/mol. The van der Waals surface area contributed by atoms with Crippen LogP contribution >= 0.6 is 0 Å². The minimum atomic E-state index is -0.238. The Bertz CT molecular complexity index is 450. The molecule has 1 fully saturated rings. The van der Waals surface area contributed by atoms with E-state index in [2.05, 4.69) is 25.8 Å². The van der Waals surface area contributed by atoms with Crippen molar-refractivity contribution in [1.29, 1.82) is 0 Å². The Morgan fingerprint density at radius 3 is 2.21 bits per heavy atom. The average molecular weight is 340 g/mol. The molecule has 1 aliphatic rings. The maximum absolute atomic E-state index is 11.8. The Labute approximate surface area is 145 Å². The lowest BCUT2D eigenvalue weighted by molar-refractivity contribution is -0.130. The summed E-state index contributed by atoms with van der Waals surface area (Å²) in [5.74, 6) is 0.693. The molecule has 8 heteroatoms. The van der Waals surface area contributed by atoms with Gasteiger partial charge in [-0.3, -0.25) is 19.5 Å². The molecule has 0 unspecified atom stereocenters. The van der Waals surface area contributed by atoms with Gasteiger partial charge >= 0.3 is 0 Å². The van der Waals surface area contributed by atoms with Crippen LogP contribution in [0, 0.1) is 0 Å². The third kappa shape index (κ3) is 8.14. The highest BCUT2D eigenvalue weighted by Gasteiger charge is 2.18. The van der Waals surface area contributed by atoms with Crippen molar-refractivity contribution in [3.05, 3.63) is 0 Å². The number of aliphatic imine (C=N–C) groups is 1. The first-order valence-electron chi connectivity index (χ1n) is 8.44. The third-order valence-electron chi connectivity index (χ3n) is 3.69. The van der Waals surface area contributed by atoms with E-state index in [1.54, 1.807) is 14.0 Å². The number of amides is 2. The van der Waals surface area contributed by atoms with Crippen LogP contribution < -0.4 is 16.0 Å². The highest BCUT2D eigenvalue weighted by Crippen LogP contribution is 2.01. The van der Waals surface area contributed by atoms with Crippen molar-refractivity contribution in [3.8, 4) is 0 Å². The lowest BCUT2D eigenvalue weighted by Crippen LogP contribution is -2.51. The molecule has 8 nitrogen and oxygen atoms in total. The van der Waals surface area contributed by atoms with E-state index in [1.165, 1.54) is 0 Å². The van der Waals surface area contributed by atoms with E-state index in [0.29, 0.717) is 5.96 Å². The zero-order valence-corrected chi connectivity index (χ0v) is 15.6. The molecule has 0 bridgehead atoms. The maximum atomic E-state index is 11.8. The van der Waals surface area contributed by atoms with Gasteiger partial charge in [0.1, 0.15) is 0 Å². The van der Waals surface area contributed by atoms with Gasteiger partial charge in [-0.1, -0.05) is 0 Å². The van der Waals surface area contributed by atoms with Gasteiger partial charge in [-0.05, 0) is 20.8 Å². The monoisotopic (exact) mass is 340 g/mol. The van der Waals surface area contributed by atoms with Crippen molar-refractivity contribution in [2.75, 3.05) is 52.9 Å². The van der Waals surface area contributed by atoms with Gasteiger partial charge in [0.15, 0.2) is 5.96 Å². The van der Waals surface area contributed by atoms with Gasteiger partial charge in [0.05, 0.1) is 6.54 Å².